The maximum atomic E-state index is 4.14. The van der Waals surface area contributed by atoms with Crippen molar-refractivity contribution in [3.63, 3.8) is 0 Å². The third-order valence-corrected chi connectivity index (χ3v) is 3.24. The Bertz CT molecular complexity index is 527. The molecule has 0 aliphatic heterocycles. The number of aryl methyl sites for hydroxylation is 1. The molecule has 2 rings (SSSR count). The van der Waals surface area contributed by atoms with Crippen LogP contribution in [0.4, 0.5) is 5.69 Å². The van der Waals surface area contributed by atoms with Crippen LogP contribution >= 0.6 is 0 Å². The SMILES string of the molecule is Cc1ccccc1-c1cc(C(C)C)ccc1[NH3+]. The lowest BCUT2D eigenvalue weighted by atomic mass is 9.94. The quantitative estimate of drug-likeness (QED) is 0.809. The average Bonchev–Trinajstić information content (AvgIpc) is 2.30. The molecule has 0 heterocycles. The van der Waals surface area contributed by atoms with Crippen LogP contribution in [0.2, 0.25) is 0 Å². The van der Waals surface area contributed by atoms with Crippen LogP contribution in [-0.4, -0.2) is 0 Å². The highest BCUT2D eigenvalue weighted by Gasteiger charge is 2.10. The zero-order valence-corrected chi connectivity index (χ0v) is 10.8. The molecule has 88 valence electrons. The van der Waals surface area contributed by atoms with Crippen molar-refractivity contribution in [3.05, 3.63) is 53.6 Å². The van der Waals surface area contributed by atoms with Gasteiger partial charge in [0.15, 0.2) is 0 Å². The largest absolute Gasteiger partial charge is 0.325 e. The van der Waals surface area contributed by atoms with Gasteiger partial charge in [-0.3, -0.25) is 0 Å². The molecule has 2 aromatic rings. The lowest BCUT2D eigenvalue weighted by Gasteiger charge is -2.11. The van der Waals surface area contributed by atoms with Crippen molar-refractivity contribution >= 4 is 5.69 Å². The van der Waals surface area contributed by atoms with Crippen molar-refractivity contribution < 1.29 is 5.73 Å². The molecule has 0 radical (unpaired) electrons. The standard InChI is InChI=1S/C16H19N/c1-11(2)13-8-9-16(17)15(10-13)14-7-5-4-6-12(14)3/h4-11H,17H2,1-3H3/p+1. The minimum Gasteiger partial charge on any atom is -0.325 e. The fourth-order valence-electron chi connectivity index (χ4n) is 2.08. The summed E-state index contributed by atoms with van der Waals surface area (Å²) in [6, 6.07) is 15.1. The Balaban J connectivity index is 2.59. The Kier molecular flexibility index (Phi) is 3.30. The second-order valence-corrected chi connectivity index (χ2v) is 4.89. The van der Waals surface area contributed by atoms with Gasteiger partial charge in [0.2, 0.25) is 0 Å². The van der Waals surface area contributed by atoms with Gasteiger partial charge in [0.05, 0.1) is 0 Å². The van der Waals surface area contributed by atoms with E-state index in [0.717, 1.165) is 5.69 Å². The number of quaternary nitrogens is 1. The van der Waals surface area contributed by atoms with Crippen LogP contribution < -0.4 is 5.73 Å². The zero-order valence-electron chi connectivity index (χ0n) is 10.8. The summed E-state index contributed by atoms with van der Waals surface area (Å²) >= 11 is 0. The van der Waals surface area contributed by atoms with Crippen LogP contribution in [0.1, 0.15) is 30.9 Å². The minimum atomic E-state index is 0.554. The summed E-state index contributed by atoms with van der Waals surface area (Å²) in [5.74, 6) is 0.554. The zero-order chi connectivity index (χ0) is 12.4. The number of hydrogen-bond acceptors (Lipinski definition) is 0. The van der Waals surface area contributed by atoms with Gasteiger partial charge in [-0.15, -0.1) is 0 Å². The molecule has 1 heteroatoms. The van der Waals surface area contributed by atoms with Gasteiger partial charge in [-0.25, -0.2) is 0 Å². The first-order valence-electron chi connectivity index (χ1n) is 6.11. The molecule has 0 amide bonds. The van der Waals surface area contributed by atoms with Crippen molar-refractivity contribution in [2.45, 2.75) is 26.7 Å². The number of rotatable bonds is 2. The van der Waals surface area contributed by atoms with E-state index in [0.29, 0.717) is 5.92 Å². The topological polar surface area (TPSA) is 27.6 Å². The second kappa shape index (κ2) is 4.72. The van der Waals surface area contributed by atoms with Gasteiger partial charge in [0.25, 0.3) is 0 Å². The van der Waals surface area contributed by atoms with Crippen molar-refractivity contribution in [1.82, 2.24) is 0 Å². The molecule has 0 aromatic heterocycles. The van der Waals surface area contributed by atoms with E-state index >= 15 is 0 Å². The normalized spacial score (nSPS) is 10.9. The summed E-state index contributed by atoms with van der Waals surface area (Å²) in [5.41, 5.74) is 10.5. The van der Waals surface area contributed by atoms with Crippen molar-refractivity contribution in [2.24, 2.45) is 0 Å². The van der Waals surface area contributed by atoms with E-state index in [-0.39, 0.29) is 0 Å². The summed E-state index contributed by atoms with van der Waals surface area (Å²) in [7, 11) is 0. The predicted octanol–water partition coefficient (Wildman–Crippen LogP) is 3.66. The molecule has 0 aliphatic carbocycles. The van der Waals surface area contributed by atoms with Crippen LogP contribution in [0, 0.1) is 6.92 Å². The second-order valence-electron chi connectivity index (χ2n) is 4.89. The van der Waals surface area contributed by atoms with E-state index in [1.54, 1.807) is 0 Å². The fourth-order valence-corrected chi connectivity index (χ4v) is 2.08. The molecule has 0 saturated heterocycles. The van der Waals surface area contributed by atoms with E-state index in [9.17, 15) is 0 Å². The molecule has 0 atom stereocenters. The molecule has 0 aliphatic rings. The molecule has 0 spiro atoms. The summed E-state index contributed by atoms with van der Waals surface area (Å²) in [6.45, 7) is 6.59. The summed E-state index contributed by atoms with van der Waals surface area (Å²) < 4.78 is 0. The summed E-state index contributed by atoms with van der Waals surface area (Å²) in [4.78, 5) is 0. The molecule has 0 bridgehead atoms. The van der Waals surface area contributed by atoms with Gasteiger partial charge in [-0.1, -0.05) is 44.2 Å². The lowest BCUT2D eigenvalue weighted by molar-refractivity contribution is -0.253. The summed E-state index contributed by atoms with van der Waals surface area (Å²) in [6.07, 6.45) is 0. The first kappa shape index (κ1) is 11.9. The molecule has 0 unspecified atom stereocenters. The van der Waals surface area contributed by atoms with Crippen molar-refractivity contribution in [3.8, 4) is 11.1 Å². The van der Waals surface area contributed by atoms with E-state index in [1.807, 2.05) is 0 Å². The molecule has 0 fully saturated rings. The van der Waals surface area contributed by atoms with Gasteiger partial charge in [0, 0.05) is 5.56 Å². The monoisotopic (exact) mass is 226 g/mol. The van der Waals surface area contributed by atoms with Gasteiger partial charge in [-0.05, 0) is 41.7 Å². The molecule has 17 heavy (non-hydrogen) atoms. The average molecular weight is 226 g/mol. The smallest absolute Gasteiger partial charge is 0.135 e. The van der Waals surface area contributed by atoms with E-state index in [2.05, 4.69) is 69.0 Å². The predicted molar refractivity (Wildman–Crippen MR) is 73.3 cm³/mol. The highest BCUT2D eigenvalue weighted by atomic mass is 14.6. The molecule has 2 aromatic carbocycles. The first-order chi connectivity index (χ1) is 8.09. The van der Waals surface area contributed by atoms with Crippen LogP contribution in [-0.2, 0) is 0 Å². The molecule has 1 nitrogen and oxygen atoms in total. The Hall–Kier alpha value is -1.60. The van der Waals surface area contributed by atoms with Gasteiger partial charge >= 0.3 is 0 Å². The Labute approximate surface area is 103 Å². The Morgan fingerprint density at radius 2 is 1.65 bits per heavy atom. The lowest BCUT2D eigenvalue weighted by Crippen LogP contribution is -2.40. The van der Waals surface area contributed by atoms with Crippen LogP contribution in [0.5, 0.6) is 0 Å². The Morgan fingerprint density at radius 3 is 2.29 bits per heavy atom. The molecular weight excluding hydrogens is 206 g/mol. The third kappa shape index (κ3) is 2.40. The van der Waals surface area contributed by atoms with E-state index in [1.165, 1.54) is 22.3 Å². The fraction of sp³-hybridized carbons (Fsp3) is 0.250. The third-order valence-electron chi connectivity index (χ3n) is 3.24. The molecular formula is C16H20N+. The van der Waals surface area contributed by atoms with Crippen LogP contribution in [0.25, 0.3) is 11.1 Å². The summed E-state index contributed by atoms with van der Waals surface area (Å²) in [5, 5.41) is 0. The highest BCUT2D eigenvalue weighted by molar-refractivity contribution is 5.76. The van der Waals surface area contributed by atoms with Gasteiger partial charge < -0.3 is 5.73 Å². The Morgan fingerprint density at radius 1 is 0.941 bits per heavy atom. The maximum absolute atomic E-state index is 4.14. The van der Waals surface area contributed by atoms with Gasteiger partial charge in [-0.2, -0.15) is 0 Å². The maximum Gasteiger partial charge on any atom is 0.135 e. The first-order valence-corrected chi connectivity index (χ1v) is 6.11. The number of benzene rings is 2. The highest BCUT2D eigenvalue weighted by Crippen LogP contribution is 2.30. The van der Waals surface area contributed by atoms with Crippen LogP contribution in [0.3, 0.4) is 0 Å². The van der Waals surface area contributed by atoms with Gasteiger partial charge in [0.1, 0.15) is 5.69 Å². The minimum absolute atomic E-state index is 0.554. The van der Waals surface area contributed by atoms with E-state index < -0.39 is 0 Å². The van der Waals surface area contributed by atoms with Crippen molar-refractivity contribution in [1.29, 1.82) is 0 Å². The van der Waals surface area contributed by atoms with Crippen LogP contribution in [0.15, 0.2) is 42.5 Å². The molecule has 0 saturated carbocycles. The number of hydrogen-bond donors (Lipinski definition) is 1. The van der Waals surface area contributed by atoms with E-state index in [4.69, 9.17) is 0 Å². The molecule has 3 N–H and O–H groups in total. The van der Waals surface area contributed by atoms with Crippen molar-refractivity contribution in [2.75, 3.05) is 0 Å².